The summed E-state index contributed by atoms with van der Waals surface area (Å²) in [5.41, 5.74) is 0.749. The fraction of sp³-hybridized carbons (Fsp3) is 0. The van der Waals surface area contributed by atoms with E-state index in [1.807, 2.05) is 24.3 Å². The summed E-state index contributed by atoms with van der Waals surface area (Å²) in [6.07, 6.45) is 1.64. The van der Waals surface area contributed by atoms with Gasteiger partial charge in [-0.1, -0.05) is 46.3 Å². The zero-order chi connectivity index (χ0) is 7.40. The Balaban J connectivity index is 2.90. The molecule has 0 aromatic heterocycles. The van der Waals surface area contributed by atoms with Crippen LogP contribution in [0.1, 0.15) is 10.4 Å². The minimum atomic E-state index is 0.749. The predicted molar refractivity (Wildman–Crippen MR) is 53.8 cm³/mol. The van der Waals surface area contributed by atoms with Gasteiger partial charge in [0.25, 0.3) is 0 Å². The molecule has 10 heavy (non-hydrogen) atoms. The normalized spacial score (nSPS) is 10.5. The van der Waals surface area contributed by atoms with Crippen molar-refractivity contribution in [2.24, 2.45) is 0 Å². The standard InChI is InChI=1S/C7H6IOP/c8-10-7-3-1-6(5-9)2-4-7/h1-5,10H. The van der Waals surface area contributed by atoms with E-state index in [0.29, 0.717) is 0 Å². The summed E-state index contributed by atoms with van der Waals surface area (Å²) in [6, 6.07) is 7.64. The van der Waals surface area contributed by atoms with Gasteiger partial charge in [0.1, 0.15) is 6.29 Å². The van der Waals surface area contributed by atoms with Gasteiger partial charge < -0.3 is 0 Å². The SMILES string of the molecule is O=Cc1ccc(PI)cc1. The van der Waals surface area contributed by atoms with Crippen molar-refractivity contribution in [3.63, 3.8) is 0 Å². The Labute approximate surface area is 74.5 Å². The van der Waals surface area contributed by atoms with Crippen LogP contribution in [-0.4, -0.2) is 6.29 Å². The monoisotopic (exact) mass is 264 g/mol. The van der Waals surface area contributed by atoms with Crippen LogP contribution >= 0.6 is 28.3 Å². The largest absolute Gasteiger partial charge is 0.298 e. The number of benzene rings is 1. The number of carbonyl (C=O) groups excluding carboxylic acids is 1. The molecule has 0 saturated heterocycles. The van der Waals surface area contributed by atoms with Crippen LogP contribution in [0.25, 0.3) is 0 Å². The number of halogens is 1. The number of hydrogen-bond acceptors (Lipinski definition) is 1. The molecule has 3 heteroatoms. The van der Waals surface area contributed by atoms with Gasteiger partial charge in [-0.15, -0.1) is 0 Å². The van der Waals surface area contributed by atoms with Crippen molar-refractivity contribution in [1.82, 2.24) is 0 Å². The summed E-state index contributed by atoms with van der Waals surface area (Å²) in [4.78, 5) is 10.2. The summed E-state index contributed by atoms with van der Waals surface area (Å²) < 4.78 is 0. The van der Waals surface area contributed by atoms with Gasteiger partial charge in [0.15, 0.2) is 0 Å². The molecule has 0 saturated carbocycles. The van der Waals surface area contributed by atoms with Crippen LogP contribution in [0.2, 0.25) is 0 Å². The highest BCUT2D eigenvalue weighted by atomic mass is 127. The number of hydrogen-bond donors (Lipinski definition) is 0. The Hall–Kier alpha value is 0.0500. The Morgan fingerprint density at radius 2 is 1.90 bits per heavy atom. The number of carbonyl (C=O) groups is 1. The molecule has 1 nitrogen and oxygen atoms in total. The summed E-state index contributed by atoms with van der Waals surface area (Å²) in [7, 11) is 0. The smallest absolute Gasteiger partial charge is 0.150 e. The Morgan fingerprint density at radius 1 is 1.30 bits per heavy atom. The van der Waals surface area contributed by atoms with Gasteiger partial charge in [0.05, 0.1) is 0 Å². The van der Waals surface area contributed by atoms with Gasteiger partial charge in [0.2, 0.25) is 0 Å². The second-order valence-electron chi connectivity index (χ2n) is 1.83. The minimum Gasteiger partial charge on any atom is -0.298 e. The molecule has 0 bridgehead atoms. The van der Waals surface area contributed by atoms with Gasteiger partial charge >= 0.3 is 0 Å². The van der Waals surface area contributed by atoms with Crippen molar-refractivity contribution in [3.05, 3.63) is 29.8 Å². The lowest BCUT2D eigenvalue weighted by atomic mass is 10.2. The van der Waals surface area contributed by atoms with Crippen molar-refractivity contribution in [3.8, 4) is 0 Å². The maximum Gasteiger partial charge on any atom is 0.150 e. The molecule has 1 unspecified atom stereocenters. The molecule has 0 N–H and O–H groups in total. The molecule has 0 aliphatic carbocycles. The van der Waals surface area contributed by atoms with Gasteiger partial charge in [-0.05, 0) is 11.5 Å². The van der Waals surface area contributed by atoms with Crippen molar-refractivity contribution in [2.45, 2.75) is 0 Å². The molecule has 52 valence electrons. The summed E-state index contributed by atoms with van der Waals surface area (Å²) in [5.74, 6) is 0. The predicted octanol–water partition coefficient (Wildman–Crippen LogP) is 2.15. The molecule has 0 amide bonds. The molecule has 0 spiro atoms. The quantitative estimate of drug-likeness (QED) is 0.454. The van der Waals surface area contributed by atoms with Gasteiger partial charge in [0, 0.05) is 5.56 Å². The summed E-state index contributed by atoms with van der Waals surface area (Å²) in [6.45, 7) is 0. The molecule has 1 rings (SSSR count). The first-order chi connectivity index (χ1) is 4.86. The third kappa shape index (κ3) is 2.03. The van der Waals surface area contributed by atoms with E-state index in [1.54, 1.807) is 0 Å². The van der Waals surface area contributed by atoms with Crippen LogP contribution in [0.15, 0.2) is 24.3 Å². The van der Waals surface area contributed by atoms with Gasteiger partial charge in [-0.25, -0.2) is 0 Å². The Bertz CT molecular complexity index is 220. The number of rotatable bonds is 2. The first-order valence-electron chi connectivity index (χ1n) is 2.78. The van der Waals surface area contributed by atoms with Gasteiger partial charge in [-0.2, -0.15) is 0 Å². The third-order valence-electron chi connectivity index (χ3n) is 1.16. The second kappa shape index (κ2) is 4.04. The van der Waals surface area contributed by atoms with E-state index in [-0.39, 0.29) is 0 Å². The van der Waals surface area contributed by atoms with Crippen LogP contribution in [0.4, 0.5) is 0 Å². The van der Waals surface area contributed by atoms with E-state index < -0.39 is 0 Å². The van der Waals surface area contributed by atoms with Crippen LogP contribution in [0.5, 0.6) is 0 Å². The van der Waals surface area contributed by atoms with E-state index in [0.717, 1.165) is 18.1 Å². The molecule has 1 aromatic carbocycles. The lowest BCUT2D eigenvalue weighted by Crippen LogP contribution is -1.90. The highest BCUT2D eigenvalue weighted by Gasteiger charge is 1.89. The maximum absolute atomic E-state index is 10.2. The van der Waals surface area contributed by atoms with Crippen LogP contribution in [-0.2, 0) is 0 Å². The molecular formula is C7H6IOP. The first kappa shape index (κ1) is 8.15. The third-order valence-corrected chi connectivity index (χ3v) is 3.58. The van der Waals surface area contributed by atoms with E-state index in [4.69, 9.17) is 0 Å². The van der Waals surface area contributed by atoms with E-state index in [9.17, 15) is 4.79 Å². The topological polar surface area (TPSA) is 17.1 Å². The number of aldehydes is 1. The molecule has 0 heterocycles. The van der Waals surface area contributed by atoms with Crippen molar-refractivity contribution >= 4 is 39.9 Å². The zero-order valence-corrected chi connectivity index (χ0v) is 8.33. The summed E-state index contributed by atoms with van der Waals surface area (Å²) >= 11 is 2.32. The molecular weight excluding hydrogens is 258 g/mol. The van der Waals surface area contributed by atoms with Crippen molar-refractivity contribution < 1.29 is 4.79 Å². The molecule has 1 atom stereocenters. The molecule has 1 aromatic rings. The molecule has 0 fully saturated rings. The lowest BCUT2D eigenvalue weighted by molar-refractivity contribution is 0.112. The Kier molecular flexibility index (Phi) is 3.29. The summed E-state index contributed by atoms with van der Waals surface area (Å²) in [5, 5.41) is 1.28. The fourth-order valence-corrected chi connectivity index (χ4v) is 2.00. The second-order valence-corrected chi connectivity index (χ2v) is 4.22. The van der Waals surface area contributed by atoms with Gasteiger partial charge in [-0.3, -0.25) is 4.79 Å². The van der Waals surface area contributed by atoms with E-state index in [2.05, 4.69) is 22.0 Å². The first-order valence-corrected chi connectivity index (χ1v) is 6.90. The minimum absolute atomic E-state index is 0.749. The van der Waals surface area contributed by atoms with Crippen molar-refractivity contribution in [1.29, 1.82) is 0 Å². The van der Waals surface area contributed by atoms with E-state index >= 15 is 0 Å². The van der Waals surface area contributed by atoms with Crippen LogP contribution < -0.4 is 5.30 Å². The molecule has 0 aliphatic rings. The molecule has 0 aliphatic heterocycles. The fourth-order valence-electron chi connectivity index (χ4n) is 0.625. The lowest BCUT2D eigenvalue weighted by Gasteiger charge is -1.92. The zero-order valence-electron chi connectivity index (χ0n) is 5.17. The highest BCUT2D eigenvalue weighted by Crippen LogP contribution is 2.19. The highest BCUT2D eigenvalue weighted by molar-refractivity contribution is 14.2. The Morgan fingerprint density at radius 3 is 2.30 bits per heavy atom. The average molecular weight is 264 g/mol. The van der Waals surface area contributed by atoms with Crippen molar-refractivity contribution in [2.75, 3.05) is 0 Å². The van der Waals surface area contributed by atoms with Crippen LogP contribution in [0, 0.1) is 0 Å². The van der Waals surface area contributed by atoms with E-state index in [1.165, 1.54) is 5.30 Å². The molecule has 0 radical (unpaired) electrons. The average Bonchev–Trinajstić information content (AvgIpc) is 2.05. The maximum atomic E-state index is 10.2. The van der Waals surface area contributed by atoms with Crippen LogP contribution in [0.3, 0.4) is 0 Å².